The van der Waals surface area contributed by atoms with Crippen molar-refractivity contribution < 1.29 is 27.5 Å². The molecule has 1 heterocycles. The summed E-state index contributed by atoms with van der Waals surface area (Å²) in [7, 11) is -2.74. The maximum Gasteiger partial charge on any atom is 0.337 e. The van der Waals surface area contributed by atoms with Gasteiger partial charge in [-0.25, -0.2) is 18.1 Å². The SMILES string of the molecule is CC.CCC.COC(=O)c1ccc2c(c1)CCCN2S(=O)(=O)c1cccc(N(C(C)=O)C(=O)c2ccccc2C)c1. The highest BCUT2D eigenvalue weighted by molar-refractivity contribution is 7.92. The molecule has 0 radical (unpaired) electrons. The summed E-state index contributed by atoms with van der Waals surface area (Å²) in [5, 5.41) is 0. The third-order valence-corrected chi connectivity index (χ3v) is 7.94. The Labute approximate surface area is 244 Å². The number of carbonyl (C=O) groups is 3. The Kier molecular flexibility index (Phi) is 12.3. The smallest absolute Gasteiger partial charge is 0.337 e. The van der Waals surface area contributed by atoms with Gasteiger partial charge in [-0.05, 0) is 73.4 Å². The van der Waals surface area contributed by atoms with Crippen LogP contribution in [0.1, 0.15) is 79.3 Å². The van der Waals surface area contributed by atoms with Gasteiger partial charge in [0.05, 0.1) is 28.9 Å². The maximum absolute atomic E-state index is 13.7. The first kappa shape index (κ1) is 33.2. The second-order valence-corrected chi connectivity index (χ2v) is 11.1. The van der Waals surface area contributed by atoms with E-state index in [-0.39, 0.29) is 17.1 Å². The van der Waals surface area contributed by atoms with Gasteiger partial charge in [0.1, 0.15) is 0 Å². The van der Waals surface area contributed by atoms with Crippen molar-refractivity contribution in [3.63, 3.8) is 0 Å². The Balaban J connectivity index is 0.00000110. The number of aryl methyl sites for hydroxylation is 2. The van der Waals surface area contributed by atoms with Crippen LogP contribution in [0.2, 0.25) is 0 Å². The zero-order chi connectivity index (χ0) is 30.7. The van der Waals surface area contributed by atoms with Crippen LogP contribution in [0, 0.1) is 6.92 Å². The summed E-state index contributed by atoms with van der Waals surface area (Å²) in [4.78, 5) is 38.6. The molecule has 0 aromatic heterocycles. The van der Waals surface area contributed by atoms with E-state index in [4.69, 9.17) is 4.74 Å². The normalized spacial score (nSPS) is 12.0. The van der Waals surface area contributed by atoms with Gasteiger partial charge >= 0.3 is 5.97 Å². The second-order valence-electron chi connectivity index (χ2n) is 9.19. The standard InChI is InChI=1S/C27H26N2O6S.C3H8.C2H6/c1-18-8-4-5-12-24(18)26(31)29(19(2)30)22-10-6-11-23(17-22)36(33,34)28-15-7-9-20-16-21(27(32)35-3)13-14-25(20)28;1-3-2;1-2/h4-6,8,10-14,16-17H,7,9,15H2,1-3H3;3H2,1-2H3;1-2H3. The van der Waals surface area contributed by atoms with Crippen molar-refractivity contribution in [2.24, 2.45) is 0 Å². The van der Waals surface area contributed by atoms with Crippen molar-refractivity contribution in [3.05, 3.63) is 89.0 Å². The second kappa shape index (κ2) is 15.1. The van der Waals surface area contributed by atoms with Gasteiger partial charge in [0, 0.05) is 19.0 Å². The Bertz CT molecular complexity index is 1480. The Morgan fingerprint density at radius 2 is 1.61 bits per heavy atom. The van der Waals surface area contributed by atoms with Gasteiger partial charge < -0.3 is 4.74 Å². The van der Waals surface area contributed by atoms with Crippen LogP contribution < -0.4 is 9.21 Å². The molecule has 3 aromatic rings. The zero-order valence-electron chi connectivity index (χ0n) is 24.9. The first-order valence-electron chi connectivity index (χ1n) is 13.8. The lowest BCUT2D eigenvalue weighted by Crippen LogP contribution is -2.37. The van der Waals surface area contributed by atoms with E-state index in [1.54, 1.807) is 43.3 Å². The molecule has 0 saturated carbocycles. The highest BCUT2D eigenvalue weighted by Crippen LogP contribution is 2.34. The number of rotatable bonds is 5. The molecule has 1 aliphatic heterocycles. The molecule has 41 heavy (non-hydrogen) atoms. The van der Waals surface area contributed by atoms with Gasteiger partial charge in [-0.3, -0.25) is 13.9 Å². The first-order chi connectivity index (χ1) is 19.6. The number of hydrogen-bond donors (Lipinski definition) is 0. The van der Waals surface area contributed by atoms with Crippen LogP contribution in [0.25, 0.3) is 0 Å². The van der Waals surface area contributed by atoms with E-state index in [0.29, 0.717) is 35.2 Å². The van der Waals surface area contributed by atoms with Gasteiger partial charge in [-0.2, -0.15) is 0 Å². The van der Waals surface area contributed by atoms with Gasteiger partial charge in [0.25, 0.3) is 15.9 Å². The molecule has 0 fully saturated rings. The summed E-state index contributed by atoms with van der Waals surface area (Å²) < 4.78 is 33.5. The molecule has 0 unspecified atom stereocenters. The first-order valence-corrected chi connectivity index (χ1v) is 15.3. The molecule has 0 spiro atoms. The van der Waals surface area contributed by atoms with Crippen molar-refractivity contribution in [2.75, 3.05) is 22.9 Å². The number of nitrogens with zero attached hydrogens (tertiary/aromatic N) is 2. The fourth-order valence-electron chi connectivity index (χ4n) is 4.34. The molecule has 0 saturated heterocycles. The number of fused-ring (bicyclic) bond motifs is 1. The van der Waals surface area contributed by atoms with E-state index in [9.17, 15) is 22.8 Å². The number of amides is 2. The number of anilines is 2. The monoisotopic (exact) mass is 580 g/mol. The zero-order valence-corrected chi connectivity index (χ0v) is 25.7. The number of methoxy groups -OCH3 is 1. The maximum atomic E-state index is 13.7. The van der Waals surface area contributed by atoms with Crippen molar-refractivity contribution in [3.8, 4) is 0 Å². The fraction of sp³-hybridized carbons (Fsp3) is 0.344. The van der Waals surface area contributed by atoms with Crippen LogP contribution in [0.3, 0.4) is 0 Å². The number of hydrogen-bond acceptors (Lipinski definition) is 6. The fourth-order valence-corrected chi connectivity index (χ4v) is 5.92. The lowest BCUT2D eigenvalue weighted by Gasteiger charge is -2.31. The van der Waals surface area contributed by atoms with Gasteiger partial charge in [0.2, 0.25) is 5.91 Å². The predicted molar refractivity (Wildman–Crippen MR) is 163 cm³/mol. The largest absolute Gasteiger partial charge is 0.465 e. The highest BCUT2D eigenvalue weighted by Gasteiger charge is 2.31. The number of benzene rings is 3. The molecule has 0 atom stereocenters. The molecule has 0 bridgehead atoms. The van der Waals surface area contributed by atoms with Crippen LogP contribution in [0.4, 0.5) is 11.4 Å². The number of esters is 1. The van der Waals surface area contributed by atoms with Crippen molar-refractivity contribution in [1.29, 1.82) is 0 Å². The minimum absolute atomic E-state index is 0.0475. The van der Waals surface area contributed by atoms with E-state index in [1.807, 2.05) is 13.8 Å². The summed E-state index contributed by atoms with van der Waals surface area (Å²) in [6.07, 6.45) is 2.44. The quantitative estimate of drug-likeness (QED) is 0.317. The molecule has 1 aliphatic rings. The average molecular weight is 581 g/mol. The van der Waals surface area contributed by atoms with Gasteiger partial charge in [0.15, 0.2) is 0 Å². The lowest BCUT2D eigenvalue weighted by molar-refractivity contribution is -0.115. The minimum atomic E-state index is -4.03. The van der Waals surface area contributed by atoms with Crippen LogP contribution in [0.15, 0.2) is 71.6 Å². The van der Waals surface area contributed by atoms with Crippen LogP contribution in [0.5, 0.6) is 0 Å². The summed E-state index contributed by atoms with van der Waals surface area (Å²) in [6, 6.07) is 17.5. The van der Waals surface area contributed by atoms with Gasteiger partial charge in [-0.15, -0.1) is 0 Å². The van der Waals surface area contributed by atoms with E-state index in [1.165, 1.54) is 55.1 Å². The number of sulfonamides is 1. The lowest BCUT2D eigenvalue weighted by atomic mass is 10.0. The average Bonchev–Trinajstić information content (AvgIpc) is 2.97. The summed E-state index contributed by atoms with van der Waals surface area (Å²) in [6.45, 7) is 11.5. The Morgan fingerprint density at radius 3 is 2.22 bits per heavy atom. The minimum Gasteiger partial charge on any atom is -0.465 e. The third-order valence-electron chi connectivity index (χ3n) is 6.13. The highest BCUT2D eigenvalue weighted by atomic mass is 32.2. The molecular weight excluding hydrogens is 540 g/mol. The van der Waals surface area contributed by atoms with E-state index < -0.39 is 27.8 Å². The molecule has 9 heteroatoms. The summed E-state index contributed by atoms with van der Waals surface area (Å²) >= 11 is 0. The number of ether oxygens (including phenoxy) is 1. The molecule has 0 aliphatic carbocycles. The van der Waals surface area contributed by atoms with Crippen LogP contribution in [-0.4, -0.2) is 39.9 Å². The predicted octanol–water partition coefficient (Wildman–Crippen LogP) is 6.56. The van der Waals surface area contributed by atoms with Crippen LogP contribution in [-0.2, 0) is 26.0 Å². The third kappa shape index (κ3) is 7.61. The molecular formula is C32H40N2O6S. The summed E-state index contributed by atoms with van der Waals surface area (Å²) in [5.74, 6) is -1.56. The van der Waals surface area contributed by atoms with Crippen molar-refractivity contribution in [2.45, 2.75) is 65.7 Å². The molecule has 4 rings (SSSR count). The van der Waals surface area contributed by atoms with Gasteiger partial charge in [-0.1, -0.05) is 58.4 Å². The number of carbonyl (C=O) groups excluding carboxylic acids is 3. The van der Waals surface area contributed by atoms with Crippen molar-refractivity contribution in [1.82, 2.24) is 0 Å². The Morgan fingerprint density at radius 1 is 0.951 bits per heavy atom. The molecule has 220 valence electrons. The molecule has 8 nitrogen and oxygen atoms in total. The Hall–Kier alpha value is -3.98. The molecule has 2 amide bonds. The van der Waals surface area contributed by atoms with E-state index in [2.05, 4.69) is 13.8 Å². The van der Waals surface area contributed by atoms with Crippen LogP contribution >= 0.6 is 0 Å². The molecule has 3 aromatic carbocycles. The van der Waals surface area contributed by atoms with E-state index in [0.717, 1.165) is 10.5 Å². The van der Waals surface area contributed by atoms with E-state index >= 15 is 0 Å². The molecule has 0 N–H and O–H groups in total. The topological polar surface area (TPSA) is 101 Å². The summed E-state index contributed by atoms with van der Waals surface area (Å²) in [5.41, 5.74) is 2.78. The number of imide groups is 1. The van der Waals surface area contributed by atoms with Crippen molar-refractivity contribution >= 4 is 39.2 Å².